The Morgan fingerprint density at radius 2 is 2.17 bits per heavy atom. The minimum absolute atomic E-state index is 0.0850. The smallest absolute Gasteiger partial charge is 0.316 e. The van der Waals surface area contributed by atoms with Gasteiger partial charge in [-0.2, -0.15) is 5.26 Å². The molecule has 2 saturated heterocycles. The number of nitrogens with zero attached hydrogens (tertiary/aromatic N) is 4. The van der Waals surface area contributed by atoms with E-state index < -0.39 is 14.6 Å². The summed E-state index contributed by atoms with van der Waals surface area (Å²) in [6.07, 6.45) is 2.08. The molecule has 1 amide bonds. The molecular formula is C20H20N4O4S. The number of sulfone groups is 1. The van der Waals surface area contributed by atoms with Gasteiger partial charge in [0.25, 0.3) is 5.91 Å². The van der Waals surface area contributed by atoms with Gasteiger partial charge in [-0.25, -0.2) is 18.4 Å². The van der Waals surface area contributed by atoms with Gasteiger partial charge in [0.05, 0.1) is 24.0 Å². The number of carbonyl (C=O) groups excluding carboxylic acids is 1. The molecule has 1 spiro atoms. The Morgan fingerprint density at radius 1 is 1.38 bits per heavy atom. The minimum Gasteiger partial charge on any atom is -0.463 e. The third-order valence-electron chi connectivity index (χ3n) is 5.73. The zero-order chi connectivity index (χ0) is 20.6. The highest BCUT2D eigenvalue weighted by Crippen LogP contribution is 2.45. The van der Waals surface area contributed by atoms with Crippen molar-refractivity contribution >= 4 is 15.7 Å². The van der Waals surface area contributed by atoms with Crippen molar-refractivity contribution in [3.05, 3.63) is 53.3 Å². The van der Waals surface area contributed by atoms with Crippen LogP contribution in [0.3, 0.4) is 0 Å². The molecule has 1 atom stereocenters. The number of nitriles is 1. The lowest BCUT2D eigenvalue weighted by molar-refractivity contribution is 0.0403. The van der Waals surface area contributed by atoms with Crippen LogP contribution in [0.5, 0.6) is 6.01 Å². The molecule has 4 rings (SSSR count). The highest BCUT2D eigenvalue weighted by atomic mass is 32.2. The molecule has 0 bridgehead atoms. The van der Waals surface area contributed by atoms with E-state index >= 15 is 0 Å². The van der Waals surface area contributed by atoms with Crippen molar-refractivity contribution in [3.63, 3.8) is 0 Å². The SMILES string of the molecule is Cc1ccnc(OC[C@@H]2CCS(=O)(=O)C23CN(C(=O)c2cccc(C#N)c2)C3)n1. The predicted molar refractivity (Wildman–Crippen MR) is 104 cm³/mol. The number of aryl methyl sites for hydroxylation is 1. The van der Waals surface area contributed by atoms with Crippen LogP contribution in [0.4, 0.5) is 0 Å². The Hall–Kier alpha value is -2.99. The molecule has 29 heavy (non-hydrogen) atoms. The molecule has 0 saturated carbocycles. The van der Waals surface area contributed by atoms with E-state index in [-0.39, 0.29) is 43.3 Å². The average molecular weight is 412 g/mol. The molecule has 2 fully saturated rings. The molecule has 1 aromatic heterocycles. The summed E-state index contributed by atoms with van der Waals surface area (Å²) in [7, 11) is -3.34. The number of aromatic nitrogens is 2. The number of hydrogen-bond donors (Lipinski definition) is 0. The number of benzene rings is 1. The van der Waals surface area contributed by atoms with Gasteiger partial charge in [0.15, 0.2) is 9.84 Å². The fourth-order valence-electron chi connectivity index (χ4n) is 4.03. The maximum atomic E-state index is 12.8. The van der Waals surface area contributed by atoms with Gasteiger partial charge in [-0.1, -0.05) is 6.07 Å². The molecule has 150 valence electrons. The second-order valence-corrected chi connectivity index (χ2v) is 9.97. The van der Waals surface area contributed by atoms with E-state index in [9.17, 15) is 13.2 Å². The second kappa shape index (κ2) is 7.12. The van der Waals surface area contributed by atoms with Gasteiger partial charge in [-0.3, -0.25) is 4.79 Å². The lowest BCUT2D eigenvalue weighted by Crippen LogP contribution is -2.68. The third kappa shape index (κ3) is 3.34. The van der Waals surface area contributed by atoms with Gasteiger partial charge in [0.1, 0.15) is 4.75 Å². The van der Waals surface area contributed by atoms with Crippen molar-refractivity contribution in [2.45, 2.75) is 18.1 Å². The first-order valence-electron chi connectivity index (χ1n) is 9.29. The fourth-order valence-corrected chi connectivity index (χ4v) is 6.43. The summed E-state index contributed by atoms with van der Waals surface area (Å²) < 4.78 is 30.3. The van der Waals surface area contributed by atoms with Crippen LogP contribution in [-0.4, -0.2) is 59.4 Å². The van der Waals surface area contributed by atoms with Crippen LogP contribution >= 0.6 is 0 Å². The van der Waals surface area contributed by atoms with Gasteiger partial charge in [-0.15, -0.1) is 0 Å². The van der Waals surface area contributed by atoms with Crippen LogP contribution in [0.2, 0.25) is 0 Å². The summed E-state index contributed by atoms with van der Waals surface area (Å²) in [5, 5.41) is 9.02. The zero-order valence-corrected chi connectivity index (χ0v) is 16.7. The maximum Gasteiger partial charge on any atom is 0.316 e. The molecule has 0 aliphatic carbocycles. The monoisotopic (exact) mass is 412 g/mol. The van der Waals surface area contributed by atoms with E-state index in [1.165, 1.54) is 11.0 Å². The van der Waals surface area contributed by atoms with E-state index in [1.54, 1.807) is 30.5 Å². The van der Waals surface area contributed by atoms with Gasteiger partial charge in [0.2, 0.25) is 0 Å². The van der Waals surface area contributed by atoms with Crippen molar-refractivity contribution in [1.82, 2.24) is 14.9 Å². The van der Waals surface area contributed by atoms with E-state index in [2.05, 4.69) is 9.97 Å². The summed E-state index contributed by atoms with van der Waals surface area (Å²) >= 11 is 0. The Morgan fingerprint density at radius 3 is 2.90 bits per heavy atom. The van der Waals surface area contributed by atoms with E-state index in [0.29, 0.717) is 17.5 Å². The van der Waals surface area contributed by atoms with Crippen LogP contribution in [0, 0.1) is 24.2 Å². The lowest BCUT2D eigenvalue weighted by atomic mass is 9.83. The van der Waals surface area contributed by atoms with Crippen molar-refractivity contribution in [3.8, 4) is 12.1 Å². The van der Waals surface area contributed by atoms with E-state index in [1.807, 2.05) is 13.0 Å². The molecule has 3 heterocycles. The molecule has 0 N–H and O–H groups in total. The summed E-state index contributed by atoms with van der Waals surface area (Å²) in [5.74, 6) is -0.413. The summed E-state index contributed by atoms with van der Waals surface area (Å²) in [5.41, 5.74) is 1.54. The third-order valence-corrected chi connectivity index (χ3v) is 8.33. The molecule has 1 aromatic carbocycles. The number of likely N-dealkylation sites (tertiary alicyclic amines) is 1. The number of amides is 1. The second-order valence-electron chi connectivity index (χ2n) is 7.51. The maximum absolute atomic E-state index is 12.8. The molecule has 2 aromatic rings. The first-order valence-corrected chi connectivity index (χ1v) is 10.9. The van der Waals surface area contributed by atoms with Crippen LogP contribution in [-0.2, 0) is 9.84 Å². The minimum atomic E-state index is -3.34. The van der Waals surface area contributed by atoms with Crippen LogP contribution < -0.4 is 4.74 Å². The quantitative estimate of drug-likeness (QED) is 0.745. The molecule has 8 nitrogen and oxygen atoms in total. The Balaban J connectivity index is 1.48. The summed E-state index contributed by atoms with van der Waals surface area (Å²) in [4.78, 5) is 22.5. The highest BCUT2D eigenvalue weighted by molar-refractivity contribution is 7.93. The number of hydrogen-bond acceptors (Lipinski definition) is 7. The summed E-state index contributed by atoms with van der Waals surface area (Å²) in [6, 6.07) is 10.4. The van der Waals surface area contributed by atoms with Gasteiger partial charge >= 0.3 is 6.01 Å². The Kier molecular flexibility index (Phi) is 4.74. The van der Waals surface area contributed by atoms with Gasteiger partial charge in [-0.05, 0) is 37.6 Å². The lowest BCUT2D eigenvalue weighted by Gasteiger charge is -2.49. The average Bonchev–Trinajstić information content (AvgIpc) is 2.95. The fraction of sp³-hybridized carbons (Fsp3) is 0.400. The normalized spacial score (nSPS) is 21.4. The number of rotatable bonds is 4. The molecule has 0 radical (unpaired) electrons. The Bertz CT molecular complexity index is 1100. The van der Waals surface area contributed by atoms with Gasteiger partial charge in [0, 0.05) is 36.5 Å². The number of carbonyl (C=O) groups is 1. The topological polar surface area (TPSA) is 113 Å². The number of ether oxygens (including phenoxy) is 1. The summed E-state index contributed by atoms with van der Waals surface area (Å²) in [6.45, 7) is 2.28. The van der Waals surface area contributed by atoms with Crippen molar-refractivity contribution < 1.29 is 17.9 Å². The predicted octanol–water partition coefficient (Wildman–Crippen LogP) is 1.36. The highest BCUT2D eigenvalue weighted by Gasteiger charge is 2.62. The molecule has 9 heteroatoms. The van der Waals surface area contributed by atoms with E-state index in [4.69, 9.17) is 10.00 Å². The van der Waals surface area contributed by atoms with Crippen molar-refractivity contribution in [2.24, 2.45) is 5.92 Å². The first kappa shape index (κ1) is 19.3. The standard InChI is InChI=1S/C20H20N4O4S/c1-14-5-7-22-19(23-14)28-11-17-6-8-29(26,27)20(17)12-24(13-20)18(25)16-4-2-3-15(9-16)10-21/h2-5,7,9,17H,6,8,11-13H2,1H3/t17-/m0/s1. The first-order chi connectivity index (χ1) is 13.8. The Labute approximate surface area is 169 Å². The van der Waals surface area contributed by atoms with Crippen LogP contribution in [0.15, 0.2) is 36.5 Å². The van der Waals surface area contributed by atoms with E-state index in [0.717, 1.165) is 5.69 Å². The van der Waals surface area contributed by atoms with Crippen molar-refractivity contribution in [1.29, 1.82) is 5.26 Å². The van der Waals surface area contributed by atoms with Gasteiger partial charge < -0.3 is 9.64 Å². The zero-order valence-electron chi connectivity index (χ0n) is 15.9. The van der Waals surface area contributed by atoms with Crippen molar-refractivity contribution in [2.75, 3.05) is 25.4 Å². The molecule has 2 aliphatic heterocycles. The van der Waals surface area contributed by atoms with Crippen LogP contribution in [0.1, 0.15) is 28.0 Å². The molecule has 0 unspecified atom stereocenters. The molecule has 2 aliphatic rings. The molecular weight excluding hydrogens is 392 g/mol. The van der Waals surface area contributed by atoms with Crippen LogP contribution in [0.25, 0.3) is 0 Å². The largest absolute Gasteiger partial charge is 0.463 e.